The van der Waals surface area contributed by atoms with E-state index in [4.69, 9.17) is 23.7 Å². The molecule has 0 spiro atoms. The van der Waals surface area contributed by atoms with Crippen LogP contribution < -0.4 is 0 Å². The first kappa shape index (κ1) is 37.2. The molecule has 1 saturated heterocycles. The quantitative estimate of drug-likeness (QED) is 0.0969. The maximum atomic E-state index is 13.4. The molecule has 0 aromatic heterocycles. The Kier molecular flexibility index (Phi) is 11.9. The van der Waals surface area contributed by atoms with Gasteiger partial charge in [0.1, 0.15) is 11.7 Å². The monoisotopic (exact) mass is 650 g/mol. The van der Waals surface area contributed by atoms with Crippen molar-refractivity contribution in [1.82, 2.24) is 0 Å². The molecule has 0 aromatic rings. The number of hydrogen-bond donors (Lipinski definition) is 2. The Morgan fingerprint density at radius 1 is 0.935 bits per heavy atom. The molecule has 46 heavy (non-hydrogen) atoms. The zero-order valence-electron chi connectivity index (χ0n) is 28.3. The molecule has 258 valence electrons. The minimum Gasteiger partial charge on any atom is -0.459 e. The van der Waals surface area contributed by atoms with Crippen molar-refractivity contribution in [2.24, 2.45) is 5.92 Å². The van der Waals surface area contributed by atoms with Gasteiger partial charge in [-0.15, -0.1) is 0 Å². The van der Waals surface area contributed by atoms with Crippen molar-refractivity contribution in [2.75, 3.05) is 0 Å². The smallest absolute Gasteiger partial charge is 0.341 e. The lowest BCUT2D eigenvalue weighted by atomic mass is 9.75. The molecule has 0 bridgehead atoms. The van der Waals surface area contributed by atoms with Crippen LogP contribution >= 0.6 is 0 Å². The SMILES string of the molecule is C/C=C(/C)C(=O)O[C@@H]1C(C)=C2[C@@H](OC(=O)CCC)[C@@]3(O)[C@@H](C[C@@](C)(OC(C)=O)[C@@H]2[C@H]1OC(=O)CCCCCCC)OC(=O)[C@]3(C)O. The van der Waals surface area contributed by atoms with E-state index in [1.807, 2.05) is 0 Å². The third-order valence-electron chi connectivity index (χ3n) is 9.51. The van der Waals surface area contributed by atoms with Crippen LogP contribution in [-0.2, 0) is 47.7 Å². The van der Waals surface area contributed by atoms with Crippen LogP contribution in [-0.4, -0.2) is 81.3 Å². The molecule has 0 unspecified atom stereocenters. The fourth-order valence-corrected chi connectivity index (χ4v) is 6.89. The molecule has 2 N–H and O–H groups in total. The summed E-state index contributed by atoms with van der Waals surface area (Å²) in [6.07, 6.45) is 0.232. The largest absolute Gasteiger partial charge is 0.459 e. The molecule has 1 saturated carbocycles. The molecule has 1 heterocycles. The topological polar surface area (TPSA) is 172 Å². The zero-order valence-corrected chi connectivity index (χ0v) is 28.3. The van der Waals surface area contributed by atoms with Crippen molar-refractivity contribution < 1.29 is 57.9 Å². The zero-order chi connectivity index (χ0) is 34.6. The summed E-state index contributed by atoms with van der Waals surface area (Å²) in [7, 11) is 0. The molecular formula is C34H50O12. The van der Waals surface area contributed by atoms with E-state index in [9.17, 15) is 34.2 Å². The number of aliphatic hydroxyl groups is 2. The molecule has 1 aliphatic heterocycles. The van der Waals surface area contributed by atoms with Crippen LogP contribution in [0.1, 0.15) is 113 Å². The van der Waals surface area contributed by atoms with Gasteiger partial charge >= 0.3 is 29.8 Å². The third kappa shape index (κ3) is 7.02. The molecule has 3 aliphatic rings. The van der Waals surface area contributed by atoms with Gasteiger partial charge in [0.2, 0.25) is 0 Å². The summed E-state index contributed by atoms with van der Waals surface area (Å²) in [6.45, 7) is 12.4. The highest BCUT2D eigenvalue weighted by Crippen LogP contribution is 2.57. The van der Waals surface area contributed by atoms with Crippen LogP contribution in [0, 0.1) is 5.92 Å². The van der Waals surface area contributed by atoms with Crippen molar-refractivity contribution in [3.05, 3.63) is 22.8 Å². The normalized spacial score (nSPS) is 33.8. The van der Waals surface area contributed by atoms with Gasteiger partial charge in [-0.1, -0.05) is 45.6 Å². The van der Waals surface area contributed by atoms with Gasteiger partial charge < -0.3 is 33.9 Å². The molecule has 12 heteroatoms. The Morgan fingerprint density at radius 2 is 1.57 bits per heavy atom. The van der Waals surface area contributed by atoms with Crippen molar-refractivity contribution in [3.63, 3.8) is 0 Å². The first-order valence-electron chi connectivity index (χ1n) is 16.3. The molecule has 3 rings (SSSR count). The number of ether oxygens (including phenoxy) is 5. The molecule has 0 radical (unpaired) electrons. The minimum atomic E-state index is -2.57. The second-order valence-electron chi connectivity index (χ2n) is 13.1. The van der Waals surface area contributed by atoms with Gasteiger partial charge in [0.15, 0.2) is 29.5 Å². The van der Waals surface area contributed by atoms with Gasteiger partial charge in [0.05, 0.1) is 5.92 Å². The Balaban J connectivity index is 2.26. The summed E-state index contributed by atoms with van der Waals surface area (Å²) in [4.78, 5) is 65.2. The first-order chi connectivity index (χ1) is 21.5. The van der Waals surface area contributed by atoms with Crippen molar-refractivity contribution in [3.8, 4) is 0 Å². The Bertz CT molecular complexity index is 1260. The van der Waals surface area contributed by atoms with Gasteiger partial charge in [0.25, 0.3) is 0 Å². The Labute approximate surface area is 270 Å². The fraction of sp³-hybridized carbons (Fsp3) is 0.735. The van der Waals surface area contributed by atoms with E-state index >= 15 is 0 Å². The molecule has 0 amide bonds. The molecule has 8 atom stereocenters. The van der Waals surface area contributed by atoms with Gasteiger partial charge in [-0.2, -0.15) is 0 Å². The van der Waals surface area contributed by atoms with Gasteiger partial charge in [-0.3, -0.25) is 14.4 Å². The standard InChI is InChI=1S/C34H50O12/c1-9-12-13-14-15-17-24(37)43-28-26-25(20(5)27(28)45-30(38)19(4)11-3)29(44-23(36)16-10-2)34(41)22(42-31(39)33(34,8)40)18-32(26,7)46-21(6)35/h11,22,26-29,40-41H,9-10,12-18H2,1-8H3/b19-11-/t22-,26+,27-,28-,29-,32-,33+,34+/m1/s1. The second kappa shape index (κ2) is 14.7. The number of allylic oxidation sites excluding steroid dienone is 1. The Hall–Kier alpha value is -3.25. The molecule has 0 aromatic carbocycles. The van der Waals surface area contributed by atoms with E-state index in [2.05, 4.69) is 6.92 Å². The predicted molar refractivity (Wildman–Crippen MR) is 164 cm³/mol. The lowest BCUT2D eigenvalue weighted by molar-refractivity contribution is -0.198. The molecular weight excluding hydrogens is 600 g/mol. The predicted octanol–water partition coefficient (Wildman–Crippen LogP) is 3.93. The van der Waals surface area contributed by atoms with Crippen LogP contribution in [0.25, 0.3) is 0 Å². The van der Waals surface area contributed by atoms with Crippen molar-refractivity contribution in [1.29, 1.82) is 0 Å². The first-order valence-corrected chi connectivity index (χ1v) is 16.3. The van der Waals surface area contributed by atoms with E-state index in [0.717, 1.165) is 32.6 Å². The van der Waals surface area contributed by atoms with Crippen molar-refractivity contribution >= 4 is 29.8 Å². The number of fused-ring (bicyclic) bond motifs is 2. The van der Waals surface area contributed by atoms with Crippen LogP contribution in [0.4, 0.5) is 0 Å². The number of carbonyl (C=O) groups excluding carboxylic acids is 5. The highest BCUT2D eigenvalue weighted by atomic mass is 16.6. The minimum absolute atomic E-state index is 0.0538. The molecule has 12 nitrogen and oxygen atoms in total. The number of rotatable bonds is 13. The van der Waals surface area contributed by atoms with Gasteiger partial charge in [0, 0.05) is 31.8 Å². The average molecular weight is 651 g/mol. The summed E-state index contributed by atoms with van der Waals surface area (Å²) in [6, 6.07) is 0. The lowest BCUT2D eigenvalue weighted by Gasteiger charge is -2.40. The van der Waals surface area contributed by atoms with E-state index in [1.54, 1.807) is 33.8 Å². The third-order valence-corrected chi connectivity index (χ3v) is 9.51. The molecule has 2 fully saturated rings. The van der Waals surface area contributed by atoms with Crippen LogP contribution in [0.15, 0.2) is 22.8 Å². The highest BCUT2D eigenvalue weighted by Gasteiger charge is 2.75. The maximum Gasteiger partial charge on any atom is 0.341 e. The number of esters is 5. The van der Waals surface area contributed by atoms with Gasteiger partial charge in [-0.05, 0) is 58.6 Å². The number of unbranched alkanes of at least 4 members (excludes halogenated alkanes) is 4. The van der Waals surface area contributed by atoms with E-state index < -0.39 is 77.0 Å². The number of hydrogen-bond acceptors (Lipinski definition) is 12. The van der Waals surface area contributed by atoms with E-state index in [-0.39, 0.29) is 36.0 Å². The second-order valence-corrected chi connectivity index (χ2v) is 13.1. The highest BCUT2D eigenvalue weighted by molar-refractivity contribution is 5.88. The van der Waals surface area contributed by atoms with E-state index in [0.29, 0.717) is 12.8 Å². The number of carbonyl (C=O) groups is 5. The summed E-state index contributed by atoms with van der Waals surface area (Å²) in [5.74, 6) is -5.06. The van der Waals surface area contributed by atoms with Gasteiger partial charge in [-0.25, -0.2) is 9.59 Å². The summed E-state index contributed by atoms with van der Waals surface area (Å²) < 4.78 is 29.3. The fourth-order valence-electron chi connectivity index (χ4n) is 6.89. The van der Waals surface area contributed by atoms with E-state index in [1.165, 1.54) is 13.8 Å². The molecule has 2 aliphatic carbocycles. The van der Waals surface area contributed by atoms with Crippen LogP contribution in [0.2, 0.25) is 0 Å². The summed E-state index contributed by atoms with van der Waals surface area (Å²) >= 11 is 0. The average Bonchev–Trinajstić information content (AvgIpc) is 3.29. The van der Waals surface area contributed by atoms with Crippen molar-refractivity contribution in [2.45, 2.75) is 154 Å². The van der Waals surface area contributed by atoms with Crippen LogP contribution in [0.5, 0.6) is 0 Å². The summed E-state index contributed by atoms with van der Waals surface area (Å²) in [5.41, 5.74) is -6.18. The Morgan fingerprint density at radius 3 is 2.15 bits per heavy atom. The maximum absolute atomic E-state index is 13.4. The van der Waals surface area contributed by atoms with Crippen LogP contribution in [0.3, 0.4) is 0 Å². The lowest BCUT2D eigenvalue weighted by Crippen LogP contribution is -2.64. The summed E-state index contributed by atoms with van der Waals surface area (Å²) in [5, 5.41) is 23.9.